The van der Waals surface area contributed by atoms with E-state index in [0.29, 0.717) is 17.9 Å². The molecule has 1 aromatic carbocycles. The number of hydrogen-bond acceptors (Lipinski definition) is 5. The number of carbonyl (C=O) groups excluding carboxylic acids is 4. The first-order chi connectivity index (χ1) is 13.3. The Hall–Kier alpha value is -2.38. The highest BCUT2D eigenvalue weighted by molar-refractivity contribution is 6.35. The van der Waals surface area contributed by atoms with Crippen molar-refractivity contribution in [2.24, 2.45) is 11.8 Å². The van der Waals surface area contributed by atoms with E-state index in [2.05, 4.69) is 5.32 Å². The maximum absolute atomic E-state index is 12.4. The summed E-state index contributed by atoms with van der Waals surface area (Å²) in [4.78, 5) is 50.1. The van der Waals surface area contributed by atoms with Crippen LogP contribution >= 0.6 is 23.2 Å². The van der Waals surface area contributed by atoms with Gasteiger partial charge in [-0.1, -0.05) is 35.4 Å². The largest absolute Gasteiger partial charge is 0.451 e. The summed E-state index contributed by atoms with van der Waals surface area (Å²) in [6, 6.07) is 4.56. The molecule has 0 aromatic heterocycles. The van der Waals surface area contributed by atoms with Gasteiger partial charge < -0.3 is 10.1 Å². The van der Waals surface area contributed by atoms with Gasteiger partial charge in [-0.15, -0.1) is 0 Å². The molecule has 0 bridgehead atoms. The van der Waals surface area contributed by atoms with Gasteiger partial charge in [0.25, 0.3) is 5.91 Å². The van der Waals surface area contributed by atoms with Gasteiger partial charge in [0.05, 0.1) is 22.5 Å². The molecule has 9 heteroatoms. The second-order valence-electron chi connectivity index (χ2n) is 6.66. The van der Waals surface area contributed by atoms with Crippen molar-refractivity contribution >= 4 is 52.6 Å². The van der Waals surface area contributed by atoms with Gasteiger partial charge in [0.15, 0.2) is 6.10 Å². The minimum atomic E-state index is -1.15. The second kappa shape index (κ2) is 8.32. The van der Waals surface area contributed by atoms with Crippen molar-refractivity contribution in [3.05, 3.63) is 40.4 Å². The van der Waals surface area contributed by atoms with Crippen molar-refractivity contribution in [1.82, 2.24) is 4.90 Å². The Labute approximate surface area is 171 Å². The number of benzene rings is 1. The first kappa shape index (κ1) is 20.4. The zero-order valence-corrected chi connectivity index (χ0v) is 16.5. The standard InChI is InChI=1S/C19H18Cl2N2O5/c1-10(17(25)22-15-8-11(20)6-7-14(15)21)28-16(24)9-23-18(26)12-4-2-3-5-13(12)19(23)27/h2-3,6-8,10,12-13H,4-5,9H2,1H3,(H,22,25). The first-order valence-corrected chi connectivity index (χ1v) is 9.49. The number of likely N-dealkylation sites (tertiary alicyclic amines) is 1. The molecule has 1 heterocycles. The Kier molecular flexibility index (Phi) is 6.05. The predicted octanol–water partition coefficient (Wildman–Crippen LogP) is 2.81. The van der Waals surface area contributed by atoms with Gasteiger partial charge in [-0.3, -0.25) is 24.1 Å². The molecule has 3 rings (SSSR count). The van der Waals surface area contributed by atoms with E-state index in [4.69, 9.17) is 27.9 Å². The van der Waals surface area contributed by atoms with E-state index < -0.39 is 36.4 Å². The molecule has 3 amide bonds. The summed E-state index contributed by atoms with van der Waals surface area (Å²) in [6.07, 6.45) is 3.54. The zero-order valence-electron chi connectivity index (χ0n) is 15.0. The normalized spacial score (nSPS) is 22.0. The summed E-state index contributed by atoms with van der Waals surface area (Å²) in [5, 5.41) is 3.18. The maximum Gasteiger partial charge on any atom is 0.326 e. The summed E-state index contributed by atoms with van der Waals surface area (Å²) in [5.74, 6) is -3.05. The lowest BCUT2D eigenvalue weighted by Gasteiger charge is -2.17. The topological polar surface area (TPSA) is 92.8 Å². The second-order valence-corrected chi connectivity index (χ2v) is 7.51. The fourth-order valence-corrected chi connectivity index (χ4v) is 3.61. The molecule has 2 aliphatic rings. The molecule has 1 aliphatic heterocycles. The Morgan fingerprint density at radius 3 is 2.39 bits per heavy atom. The van der Waals surface area contributed by atoms with Crippen LogP contribution in [0.25, 0.3) is 0 Å². The number of hydrogen-bond donors (Lipinski definition) is 1. The molecule has 28 heavy (non-hydrogen) atoms. The number of ether oxygens (including phenoxy) is 1. The van der Waals surface area contributed by atoms with E-state index in [0.717, 1.165) is 4.90 Å². The molecular formula is C19H18Cl2N2O5. The Balaban J connectivity index is 1.57. The number of carbonyl (C=O) groups is 4. The number of esters is 1. The molecule has 0 radical (unpaired) electrons. The molecule has 148 valence electrons. The lowest BCUT2D eigenvalue weighted by Crippen LogP contribution is -2.39. The number of anilines is 1. The zero-order chi connectivity index (χ0) is 20.4. The van der Waals surface area contributed by atoms with Crippen molar-refractivity contribution in [1.29, 1.82) is 0 Å². The highest BCUT2D eigenvalue weighted by Crippen LogP contribution is 2.34. The van der Waals surface area contributed by atoms with E-state index in [1.165, 1.54) is 19.1 Å². The Morgan fingerprint density at radius 1 is 1.18 bits per heavy atom. The summed E-state index contributed by atoms with van der Waals surface area (Å²) < 4.78 is 5.08. The van der Waals surface area contributed by atoms with Gasteiger partial charge in [-0.05, 0) is 38.0 Å². The SMILES string of the molecule is CC(OC(=O)CN1C(=O)C2CC=CCC2C1=O)C(=O)Nc1cc(Cl)ccc1Cl. The van der Waals surface area contributed by atoms with Crippen LogP contribution in [0.3, 0.4) is 0 Å². The number of fused-ring (bicyclic) bond motifs is 1. The molecule has 1 fully saturated rings. The quantitative estimate of drug-likeness (QED) is 0.445. The third-order valence-electron chi connectivity index (χ3n) is 4.75. The average molecular weight is 425 g/mol. The van der Waals surface area contributed by atoms with Gasteiger partial charge in [0.1, 0.15) is 6.54 Å². The third kappa shape index (κ3) is 4.20. The molecule has 3 unspecified atom stereocenters. The summed E-state index contributed by atoms with van der Waals surface area (Å²) in [6.45, 7) is 0.864. The van der Waals surface area contributed by atoms with Crippen LogP contribution < -0.4 is 5.32 Å². The highest BCUT2D eigenvalue weighted by atomic mass is 35.5. The summed E-state index contributed by atoms with van der Waals surface area (Å²) in [5.41, 5.74) is 0.281. The minimum absolute atomic E-state index is 0.278. The van der Waals surface area contributed by atoms with Gasteiger partial charge in [-0.2, -0.15) is 0 Å². The summed E-state index contributed by atoms with van der Waals surface area (Å²) in [7, 11) is 0. The van der Waals surface area contributed by atoms with Crippen LogP contribution in [0.4, 0.5) is 5.69 Å². The van der Waals surface area contributed by atoms with Crippen LogP contribution in [-0.4, -0.2) is 41.2 Å². The number of imide groups is 1. The number of allylic oxidation sites excluding steroid dienone is 2. The number of rotatable bonds is 5. The van der Waals surface area contributed by atoms with E-state index in [9.17, 15) is 19.2 Å². The van der Waals surface area contributed by atoms with Gasteiger partial charge in [-0.25, -0.2) is 0 Å². The number of nitrogens with zero attached hydrogens (tertiary/aromatic N) is 1. The minimum Gasteiger partial charge on any atom is -0.451 e. The number of amides is 3. The lowest BCUT2D eigenvalue weighted by atomic mass is 9.85. The predicted molar refractivity (Wildman–Crippen MR) is 103 cm³/mol. The first-order valence-electron chi connectivity index (χ1n) is 8.73. The van der Waals surface area contributed by atoms with Gasteiger partial charge in [0, 0.05) is 5.02 Å². The molecule has 1 N–H and O–H groups in total. The van der Waals surface area contributed by atoms with Crippen LogP contribution in [0.5, 0.6) is 0 Å². The van der Waals surface area contributed by atoms with Crippen molar-refractivity contribution in [3.63, 3.8) is 0 Å². The molecular weight excluding hydrogens is 407 g/mol. The van der Waals surface area contributed by atoms with Crippen molar-refractivity contribution in [2.75, 3.05) is 11.9 Å². The molecule has 3 atom stereocenters. The van der Waals surface area contributed by atoms with Crippen molar-refractivity contribution in [3.8, 4) is 0 Å². The van der Waals surface area contributed by atoms with E-state index in [1.807, 2.05) is 12.2 Å². The Bertz CT molecular complexity index is 844. The van der Waals surface area contributed by atoms with Crippen LogP contribution in [0, 0.1) is 11.8 Å². The highest BCUT2D eigenvalue weighted by Gasteiger charge is 2.47. The van der Waals surface area contributed by atoms with Crippen LogP contribution in [-0.2, 0) is 23.9 Å². The number of nitrogens with one attached hydrogen (secondary N) is 1. The molecule has 7 nitrogen and oxygen atoms in total. The smallest absolute Gasteiger partial charge is 0.326 e. The van der Waals surface area contributed by atoms with Crippen molar-refractivity contribution < 1.29 is 23.9 Å². The fraction of sp³-hybridized carbons (Fsp3) is 0.368. The molecule has 1 saturated heterocycles. The van der Waals surface area contributed by atoms with Crippen LogP contribution in [0.2, 0.25) is 10.0 Å². The van der Waals surface area contributed by atoms with E-state index in [-0.39, 0.29) is 22.5 Å². The molecule has 0 saturated carbocycles. The fourth-order valence-electron chi connectivity index (χ4n) is 3.27. The monoisotopic (exact) mass is 424 g/mol. The van der Waals surface area contributed by atoms with Gasteiger partial charge >= 0.3 is 5.97 Å². The van der Waals surface area contributed by atoms with E-state index >= 15 is 0 Å². The van der Waals surface area contributed by atoms with E-state index in [1.54, 1.807) is 6.07 Å². The summed E-state index contributed by atoms with van der Waals surface area (Å²) >= 11 is 11.9. The van der Waals surface area contributed by atoms with Crippen molar-refractivity contribution in [2.45, 2.75) is 25.9 Å². The molecule has 1 aromatic rings. The van der Waals surface area contributed by atoms with Crippen LogP contribution in [0.15, 0.2) is 30.4 Å². The Morgan fingerprint density at radius 2 is 1.79 bits per heavy atom. The lowest BCUT2D eigenvalue weighted by molar-refractivity contribution is -0.158. The van der Waals surface area contributed by atoms with Gasteiger partial charge in [0.2, 0.25) is 11.8 Å². The maximum atomic E-state index is 12.4. The van der Waals surface area contributed by atoms with Crippen LogP contribution in [0.1, 0.15) is 19.8 Å². The molecule has 0 spiro atoms. The third-order valence-corrected chi connectivity index (χ3v) is 5.31. The average Bonchev–Trinajstić information content (AvgIpc) is 2.90. The molecule has 1 aliphatic carbocycles. The number of halogens is 2.